The minimum atomic E-state index is -0.271. The monoisotopic (exact) mass is 476 g/mol. The van der Waals surface area contributed by atoms with Crippen molar-refractivity contribution < 1.29 is 18.8 Å². The minimum Gasteiger partial charge on any atom is -0.493 e. The molecule has 10 heteroatoms. The molecule has 0 fully saturated rings. The van der Waals surface area contributed by atoms with Crippen LogP contribution in [0.4, 0.5) is 0 Å². The number of pyridine rings is 1. The van der Waals surface area contributed by atoms with Crippen molar-refractivity contribution in [2.75, 3.05) is 20.8 Å². The van der Waals surface area contributed by atoms with Crippen molar-refractivity contribution in [2.45, 2.75) is 32.6 Å². The van der Waals surface area contributed by atoms with E-state index in [1.165, 1.54) is 0 Å². The highest BCUT2D eigenvalue weighted by molar-refractivity contribution is 5.92. The number of carbonyl (C=O) groups is 1. The van der Waals surface area contributed by atoms with E-state index in [1.54, 1.807) is 49.6 Å². The Morgan fingerprint density at radius 1 is 1.09 bits per heavy atom. The predicted molar refractivity (Wildman–Crippen MR) is 129 cm³/mol. The molecule has 0 aliphatic heterocycles. The Morgan fingerprint density at radius 3 is 2.60 bits per heavy atom. The molecule has 0 unspecified atom stereocenters. The topological polar surface area (TPSA) is 117 Å². The summed E-state index contributed by atoms with van der Waals surface area (Å²) in [7, 11) is 3.19. The summed E-state index contributed by atoms with van der Waals surface area (Å²) in [4.78, 5) is 25.7. The number of rotatable bonds is 8. The summed E-state index contributed by atoms with van der Waals surface area (Å²) in [6.07, 6.45) is 5.46. The maximum Gasteiger partial charge on any atom is 0.271 e. The van der Waals surface area contributed by atoms with Gasteiger partial charge in [-0.3, -0.25) is 9.36 Å². The molecule has 0 saturated carbocycles. The van der Waals surface area contributed by atoms with Crippen molar-refractivity contribution in [3.63, 3.8) is 0 Å². The average Bonchev–Trinajstić information content (AvgIpc) is 3.54. The van der Waals surface area contributed by atoms with Crippen LogP contribution < -0.4 is 14.8 Å². The smallest absolute Gasteiger partial charge is 0.271 e. The summed E-state index contributed by atoms with van der Waals surface area (Å²) in [6.45, 7) is 6.50. The van der Waals surface area contributed by atoms with E-state index in [0.29, 0.717) is 42.0 Å². The van der Waals surface area contributed by atoms with E-state index in [9.17, 15) is 4.79 Å². The van der Waals surface area contributed by atoms with Gasteiger partial charge in [0.1, 0.15) is 17.8 Å². The van der Waals surface area contributed by atoms with Gasteiger partial charge in [0.15, 0.2) is 17.3 Å². The second-order valence-corrected chi connectivity index (χ2v) is 8.94. The molecular formula is C25H28N6O4. The van der Waals surface area contributed by atoms with E-state index in [-0.39, 0.29) is 17.0 Å². The lowest BCUT2D eigenvalue weighted by Crippen LogP contribution is -2.26. The van der Waals surface area contributed by atoms with Crippen LogP contribution in [0.1, 0.15) is 42.6 Å². The van der Waals surface area contributed by atoms with Gasteiger partial charge in [0.25, 0.3) is 11.8 Å². The summed E-state index contributed by atoms with van der Waals surface area (Å²) in [5, 5.41) is 6.96. The molecule has 3 heterocycles. The van der Waals surface area contributed by atoms with Gasteiger partial charge >= 0.3 is 0 Å². The molecule has 0 radical (unpaired) electrons. The third kappa shape index (κ3) is 5.48. The van der Waals surface area contributed by atoms with Gasteiger partial charge in [-0.15, -0.1) is 0 Å². The van der Waals surface area contributed by atoms with Gasteiger partial charge in [-0.25, -0.2) is 9.97 Å². The zero-order valence-corrected chi connectivity index (χ0v) is 20.4. The van der Waals surface area contributed by atoms with Crippen molar-refractivity contribution in [3.8, 4) is 28.8 Å². The van der Waals surface area contributed by atoms with Gasteiger partial charge in [0.2, 0.25) is 0 Å². The molecule has 4 aromatic rings. The van der Waals surface area contributed by atoms with Gasteiger partial charge in [-0.1, -0.05) is 32.0 Å². The minimum absolute atomic E-state index is 0.219. The highest BCUT2D eigenvalue weighted by atomic mass is 16.5. The number of imidazole rings is 1. The molecule has 1 N–H and O–H groups in total. The van der Waals surface area contributed by atoms with Crippen LogP contribution >= 0.6 is 0 Å². The first-order valence-corrected chi connectivity index (χ1v) is 11.1. The van der Waals surface area contributed by atoms with Crippen molar-refractivity contribution in [1.29, 1.82) is 0 Å². The van der Waals surface area contributed by atoms with Crippen LogP contribution in [-0.2, 0) is 11.8 Å². The van der Waals surface area contributed by atoms with Crippen LogP contribution in [0.2, 0.25) is 0 Å². The molecule has 35 heavy (non-hydrogen) atoms. The Bertz CT molecular complexity index is 1320. The number of hydrogen-bond donors (Lipinski definition) is 1. The molecule has 0 aliphatic rings. The van der Waals surface area contributed by atoms with Crippen LogP contribution in [-0.4, -0.2) is 51.3 Å². The van der Waals surface area contributed by atoms with Gasteiger partial charge in [0.05, 0.1) is 14.2 Å². The Balaban J connectivity index is 1.40. The van der Waals surface area contributed by atoms with E-state index in [0.717, 1.165) is 11.1 Å². The lowest BCUT2D eigenvalue weighted by molar-refractivity contribution is 0.0949. The summed E-state index contributed by atoms with van der Waals surface area (Å²) in [5.41, 5.74) is 1.82. The van der Waals surface area contributed by atoms with Crippen LogP contribution in [0.3, 0.4) is 0 Å². The van der Waals surface area contributed by atoms with Crippen molar-refractivity contribution in [2.24, 2.45) is 0 Å². The maximum absolute atomic E-state index is 12.6. The molecule has 3 aromatic heterocycles. The number of ether oxygens (including phenoxy) is 2. The molecule has 0 aliphatic carbocycles. The standard InChI is InChI=1S/C25H28N6O4/c1-25(2,3)24-29-23(35-30-24)17-9-11-26-21(13-17)31-14-18(28-15-31)22(32)27-10-8-16-6-7-19(33-4)20(12-16)34-5/h6-7,9,11-15H,8,10H2,1-5H3,(H,27,32). The summed E-state index contributed by atoms with van der Waals surface area (Å²) in [5.74, 6) is 2.66. The third-order valence-corrected chi connectivity index (χ3v) is 5.32. The number of amides is 1. The van der Waals surface area contributed by atoms with Gasteiger partial charge < -0.3 is 19.3 Å². The van der Waals surface area contributed by atoms with E-state index >= 15 is 0 Å². The largest absolute Gasteiger partial charge is 0.493 e. The normalized spacial score (nSPS) is 11.3. The van der Waals surface area contributed by atoms with Crippen molar-refractivity contribution >= 4 is 5.91 Å². The molecule has 182 valence electrons. The SMILES string of the molecule is COc1ccc(CCNC(=O)c2cn(-c3cc(-c4nc(C(C)(C)C)no4)ccn3)cn2)cc1OC. The fraction of sp³-hybridized carbons (Fsp3) is 0.320. The van der Waals surface area contributed by atoms with E-state index < -0.39 is 0 Å². The van der Waals surface area contributed by atoms with Crippen molar-refractivity contribution in [1.82, 2.24) is 30.0 Å². The molecule has 10 nitrogen and oxygen atoms in total. The van der Waals surface area contributed by atoms with Crippen LogP contribution in [0.5, 0.6) is 11.5 Å². The molecule has 4 rings (SSSR count). The molecule has 0 spiro atoms. The first kappa shape index (κ1) is 23.9. The second kappa shape index (κ2) is 9.96. The highest BCUT2D eigenvalue weighted by Gasteiger charge is 2.22. The summed E-state index contributed by atoms with van der Waals surface area (Å²) in [6, 6.07) is 9.28. The highest BCUT2D eigenvalue weighted by Crippen LogP contribution is 2.27. The number of aromatic nitrogens is 5. The van der Waals surface area contributed by atoms with E-state index in [1.807, 2.05) is 39.0 Å². The second-order valence-electron chi connectivity index (χ2n) is 8.94. The van der Waals surface area contributed by atoms with Gasteiger partial charge in [0, 0.05) is 29.9 Å². The number of nitrogens with zero attached hydrogens (tertiary/aromatic N) is 5. The lowest BCUT2D eigenvalue weighted by Gasteiger charge is -2.10. The fourth-order valence-corrected chi connectivity index (χ4v) is 3.35. The molecule has 1 aromatic carbocycles. The van der Waals surface area contributed by atoms with Crippen LogP contribution in [0.15, 0.2) is 53.6 Å². The molecular weight excluding hydrogens is 448 g/mol. The Hall–Kier alpha value is -4.21. The quantitative estimate of drug-likeness (QED) is 0.410. The van der Waals surface area contributed by atoms with Crippen LogP contribution in [0, 0.1) is 0 Å². The van der Waals surface area contributed by atoms with Gasteiger partial charge in [-0.05, 0) is 36.2 Å². The van der Waals surface area contributed by atoms with Gasteiger partial charge in [-0.2, -0.15) is 4.98 Å². The number of methoxy groups -OCH3 is 2. The van der Waals surface area contributed by atoms with E-state index in [4.69, 9.17) is 14.0 Å². The summed E-state index contributed by atoms with van der Waals surface area (Å²) >= 11 is 0. The number of benzene rings is 1. The molecule has 0 atom stereocenters. The van der Waals surface area contributed by atoms with E-state index in [2.05, 4.69) is 25.4 Å². The van der Waals surface area contributed by atoms with Crippen LogP contribution in [0.25, 0.3) is 17.3 Å². The third-order valence-electron chi connectivity index (χ3n) is 5.32. The zero-order valence-electron chi connectivity index (χ0n) is 20.4. The Kier molecular flexibility index (Phi) is 6.81. The Labute approximate surface area is 203 Å². The summed E-state index contributed by atoms with van der Waals surface area (Å²) < 4.78 is 17.7. The van der Waals surface area contributed by atoms with Crippen molar-refractivity contribution in [3.05, 3.63) is 66.1 Å². The lowest BCUT2D eigenvalue weighted by atomic mass is 9.96. The molecule has 0 bridgehead atoms. The zero-order chi connectivity index (χ0) is 25.0. The number of hydrogen-bond acceptors (Lipinski definition) is 8. The average molecular weight is 477 g/mol. The number of nitrogens with one attached hydrogen (secondary N) is 1. The Morgan fingerprint density at radius 2 is 1.89 bits per heavy atom. The first-order chi connectivity index (χ1) is 16.8. The first-order valence-electron chi connectivity index (χ1n) is 11.1. The maximum atomic E-state index is 12.6. The number of carbonyl (C=O) groups excluding carboxylic acids is 1. The molecule has 0 saturated heterocycles. The molecule has 1 amide bonds. The fourth-order valence-electron chi connectivity index (χ4n) is 3.35. The predicted octanol–water partition coefficient (Wildman–Crippen LogP) is 3.60.